The Labute approximate surface area is 102 Å². The molecule has 0 fully saturated rings. The molecule has 6 heteroatoms. The number of ether oxygens (including phenoxy) is 2. The van der Waals surface area contributed by atoms with Crippen LogP contribution in [0.2, 0.25) is 10.0 Å². The average molecular weight is 264 g/mol. The highest BCUT2D eigenvalue weighted by Crippen LogP contribution is 2.45. The summed E-state index contributed by atoms with van der Waals surface area (Å²) in [4.78, 5) is 0.442. The van der Waals surface area contributed by atoms with E-state index in [9.17, 15) is 0 Å². The summed E-state index contributed by atoms with van der Waals surface area (Å²) in [7, 11) is 2.96. The van der Waals surface area contributed by atoms with E-state index >= 15 is 0 Å². The lowest BCUT2D eigenvalue weighted by Crippen LogP contribution is -1.91. The summed E-state index contributed by atoms with van der Waals surface area (Å²) in [5, 5.41) is 11.1. The van der Waals surface area contributed by atoms with Gasteiger partial charge in [-0.3, -0.25) is 0 Å². The molecule has 0 bridgehead atoms. The number of thiocyanates is 1. The molecule has 80 valence electrons. The molecule has 0 aromatic heterocycles. The molecule has 0 aliphatic carbocycles. The number of benzene rings is 1. The minimum atomic E-state index is 0.315. The van der Waals surface area contributed by atoms with Gasteiger partial charge in [-0.25, -0.2) is 0 Å². The van der Waals surface area contributed by atoms with E-state index in [1.807, 2.05) is 5.40 Å². The number of nitriles is 1. The Bertz CT molecular complexity index is 389. The highest BCUT2D eigenvalue weighted by Gasteiger charge is 2.17. The third-order valence-corrected chi connectivity index (χ3v) is 3.36. The number of thioether (sulfide) groups is 1. The zero-order valence-corrected chi connectivity index (χ0v) is 10.3. The van der Waals surface area contributed by atoms with Crippen LogP contribution in [0.5, 0.6) is 11.5 Å². The van der Waals surface area contributed by atoms with Gasteiger partial charge in [0.25, 0.3) is 0 Å². The standard InChI is InChI=1S/C9H7Cl2NO2S/c1-13-5-3-6(14-2)8(11)9(7(5)10)15-4-12/h3H,1-2H3. The van der Waals surface area contributed by atoms with Crippen molar-refractivity contribution in [3.8, 4) is 16.9 Å². The SMILES string of the molecule is COc1cc(OC)c(Cl)c(SC#N)c1Cl. The number of halogens is 2. The van der Waals surface area contributed by atoms with Crippen LogP contribution in [0.15, 0.2) is 11.0 Å². The lowest BCUT2D eigenvalue weighted by Gasteiger charge is -2.11. The van der Waals surface area contributed by atoms with Crippen molar-refractivity contribution in [1.29, 1.82) is 5.26 Å². The monoisotopic (exact) mass is 263 g/mol. The van der Waals surface area contributed by atoms with Gasteiger partial charge in [-0.15, -0.1) is 0 Å². The lowest BCUT2D eigenvalue weighted by molar-refractivity contribution is 0.393. The Kier molecular flexibility index (Phi) is 4.40. The van der Waals surface area contributed by atoms with E-state index in [2.05, 4.69) is 0 Å². The molecule has 0 aliphatic heterocycles. The van der Waals surface area contributed by atoms with Gasteiger partial charge in [0.15, 0.2) is 0 Å². The summed E-state index contributed by atoms with van der Waals surface area (Å²) in [6.45, 7) is 0. The molecule has 1 rings (SSSR count). The van der Waals surface area contributed by atoms with Crippen molar-refractivity contribution in [3.05, 3.63) is 16.1 Å². The molecule has 0 aliphatic rings. The fourth-order valence-electron chi connectivity index (χ4n) is 0.998. The molecule has 0 atom stereocenters. The predicted molar refractivity (Wildman–Crippen MR) is 61.0 cm³/mol. The second kappa shape index (κ2) is 5.36. The number of nitrogens with zero attached hydrogens (tertiary/aromatic N) is 1. The maximum atomic E-state index is 8.61. The molecule has 0 N–H and O–H groups in total. The van der Waals surface area contributed by atoms with Crippen molar-refractivity contribution in [2.75, 3.05) is 14.2 Å². The first-order chi connectivity index (χ1) is 7.15. The zero-order chi connectivity index (χ0) is 11.4. The highest BCUT2D eigenvalue weighted by atomic mass is 35.5. The molecule has 15 heavy (non-hydrogen) atoms. The minimum Gasteiger partial charge on any atom is -0.495 e. The van der Waals surface area contributed by atoms with E-state index in [1.54, 1.807) is 6.07 Å². The quantitative estimate of drug-likeness (QED) is 0.618. The van der Waals surface area contributed by atoms with Gasteiger partial charge in [0, 0.05) is 6.07 Å². The Morgan fingerprint density at radius 2 is 1.67 bits per heavy atom. The van der Waals surface area contributed by atoms with Crippen LogP contribution >= 0.6 is 35.0 Å². The summed E-state index contributed by atoms with van der Waals surface area (Å²) in [5.41, 5.74) is 0. The van der Waals surface area contributed by atoms with Crippen LogP contribution in [0.25, 0.3) is 0 Å². The van der Waals surface area contributed by atoms with Gasteiger partial charge in [-0.1, -0.05) is 23.2 Å². The highest BCUT2D eigenvalue weighted by molar-refractivity contribution is 8.04. The van der Waals surface area contributed by atoms with Gasteiger partial charge in [0.1, 0.15) is 16.9 Å². The van der Waals surface area contributed by atoms with Crippen LogP contribution < -0.4 is 9.47 Å². The normalized spacial score (nSPS) is 9.53. The number of rotatable bonds is 3. The summed E-state index contributed by atoms with van der Waals surface area (Å²) in [6.07, 6.45) is 0. The molecule has 0 radical (unpaired) electrons. The fourth-order valence-corrected chi connectivity index (χ4v) is 2.20. The molecule has 0 saturated heterocycles. The van der Waals surface area contributed by atoms with E-state index in [0.29, 0.717) is 26.4 Å². The molecular weight excluding hydrogens is 257 g/mol. The van der Waals surface area contributed by atoms with E-state index in [1.165, 1.54) is 14.2 Å². The van der Waals surface area contributed by atoms with Crippen LogP contribution in [0.1, 0.15) is 0 Å². The molecule has 1 aromatic carbocycles. The van der Waals surface area contributed by atoms with Gasteiger partial charge < -0.3 is 9.47 Å². The van der Waals surface area contributed by atoms with Crippen LogP contribution in [-0.2, 0) is 0 Å². The third kappa shape index (κ3) is 2.43. The van der Waals surface area contributed by atoms with E-state index in [0.717, 1.165) is 11.8 Å². The molecule has 0 unspecified atom stereocenters. The fraction of sp³-hybridized carbons (Fsp3) is 0.222. The number of hydrogen-bond acceptors (Lipinski definition) is 4. The average Bonchev–Trinajstić information content (AvgIpc) is 2.25. The van der Waals surface area contributed by atoms with E-state index < -0.39 is 0 Å². The largest absolute Gasteiger partial charge is 0.495 e. The molecule has 0 heterocycles. The Morgan fingerprint density at radius 1 is 1.20 bits per heavy atom. The molecule has 0 saturated carbocycles. The van der Waals surface area contributed by atoms with Crippen molar-refractivity contribution >= 4 is 35.0 Å². The van der Waals surface area contributed by atoms with Gasteiger partial charge >= 0.3 is 0 Å². The molecule has 1 aromatic rings. The lowest BCUT2D eigenvalue weighted by atomic mass is 10.3. The van der Waals surface area contributed by atoms with E-state index in [-0.39, 0.29) is 0 Å². The van der Waals surface area contributed by atoms with Crippen molar-refractivity contribution in [3.63, 3.8) is 0 Å². The van der Waals surface area contributed by atoms with Crippen molar-refractivity contribution in [1.82, 2.24) is 0 Å². The van der Waals surface area contributed by atoms with Gasteiger partial charge in [-0.2, -0.15) is 5.26 Å². The van der Waals surface area contributed by atoms with Crippen molar-refractivity contribution in [2.45, 2.75) is 4.90 Å². The maximum absolute atomic E-state index is 8.61. The van der Waals surface area contributed by atoms with Gasteiger partial charge in [0.2, 0.25) is 0 Å². The zero-order valence-electron chi connectivity index (χ0n) is 8.01. The van der Waals surface area contributed by atoms with Crippen molar-refractivity contribution < 1.29 is 9.47 Å². The van der Waals surface area contributed by atoms with Crippen LogP contribution in [-0.4, -0.2) is 14.2 Å². The van der Waals surface area contributed by atoms with Crippen LogP contribution in [0.3, 0.4) is 0 Å². The van der Waals surface area contributed by atoms with E-state index in [4.69, 9.17) is 37.9 Å². The summed E-state index contributed by atoms with van der Waals surface area (Å²) >= 11 is 12.8. The summed E-state index contributed by atoms with van der Waals surface area (Å²) in [5.74, 6) is 0.853. The van der Waals surface area contributed by atoms with Crippen LogP contribution in [0, 0.1) is 10.7 Å². The smallest absolute Gasteiger partial charge is 0.142 e. The third-order valence-electron chi connectivity index (χ3n) is 1.68. The predicted octanol–water partition coefficient (Wildman–Crippen LogP) is 3.58. The van der Waals surface area contributed by atoms with Crippen molar-refractivity contribution in [2.24, 2.45) is 0 Å². The maximum Gasteiger partial charge on any atom is 0.142 e. The summed E-state index contributed by atoms with van der Waals surface area (Å²) < 4.78 is 10.1. The molecule has 0 amide bonds. The minimum absolute atomic E-state index is 0.315. The topological polar surface area (TPSA) is 42.2 Å². The first-order valence-corrected chi connectivity index (χ1v) is 5.38. The second-order valence-corrected chi connectivity index (χ2v) is 3.98. The number of methoxy groups -OCH3 is 2. The summed E-state index contributed by atoms with van der Waals surface area (Å²) in [6, 6.07) is 1.58. The van der Waals surface area contributed by atoms with Gasteiger partial charge in [-0.05, 0) is 11.8 Å². The van der Waals surface area contributed by atoms with Gasteiger partial charge in [0.05, 0.1) is 29.2 Å². The van der Waals surface area contributed by atoms with Crippen LogP contribution in [0.4, 0.5) is 0 Å². The first-order valence-electron chi connectivity index (χ1n) is 3.81. The molecular formula is C9H7Cl2NO2S. The Balaban J connectivity index is 3.40. The molecule has 3 nitrogen and oxygen atoms in total. The Morgan fingerprint density at radius 3 is 2.00 bits per heavy atom. The molecule has 0 spiro atoms. The number of hydrogen-bond donors (Lipinski definition) is 0. The first kappa shape index (κ1) is 12.3. The second-order valence-electron chi connectivity index (χ2n) is 2.43. The Hall–Kier alpha value is -0.760.